The van der Waals surface area contributed by atoms with Gasteiger partial charge in [-0.25, -0.2) is 9.78 Å². The third-order valence-corrected chi connectivity index (χ3v) is 1.87. The molecule has 16 heavy (non-hydrogen) atoms. The van der Waals surface area contributed by atoms with E-state index in [1.165, 1.54) is 0 Å². The van der Waals surface area contributed by atoms with Crippen molar-refractivity contribution in [1.29, 1.82) is 0 Å². The minimum Gasteiger partial charge on any atom is -0.476 e. The van der Waals surface area contributed by atoms with Crippen molar-refractivity contribution in [2.45, 2.75) is 13.8 Å². The zero-order chi connectivity index (χ0) is 12.1. The molecule has 0 fully saturated rings. The standard InChI is InChI=1S/C9H12ClN3O3/c1-3-15-8-5(9(14)16-4-2)12-6(10)7(11)13-8/h3-4H2,1-2H3,(H2,11,13). The summed E-state index contributed by atoms with van der Waals surface area (Å²) in [4.78, 5) is 19.1. The van der Waals surface area contributed by atoms with Gasteiger partial charge in [-0.3, -0.25) is 0 Å². The molecule has 0 saturated carbocycles. The average Bonchev–Trinajstić information content (AvgIpc) is 2.23. The molecule has 1 aromatic heterocycles. The Labute approximate surface area is 97.7 Å². The summed E-state index contributed by atoms with van der Waals surface area (Å²) >= 11 is 5.67. The number of ether oxygens (including phenoxy) is 2. The molecule has 6 nitrogen and oxygen atoms in total. The topological polar surface area (TPSA) is 87.3 Å². The first-order valence-electron chi connectivity index (χ1n) is 4.73. The molecule has 0 aromatic carbocycles. The number of halogens is 1. The first-order chi connectivity index (χ1) is 7.60. The molecule has 1 heterocycles. The summed E-state index contributed by atoms with van der Waals surface area (Å²) in [6.07, 6.45) is 0. The number of esters is 1. The van der Waals surface area contributed by atoms with E-state index in [-0.39, 0.29) is 29.2 Å². The Morgan fingerprint density at radius 2 is 2.06 bits per heavy atom. The summed E-state index contributed by atoms with van der Waals surface area (Å²) in [7, 11) is 0. The molecule has 0 radical (unpaired) electrons. The van der Waals surface area contributed by atoms with E-state index in [2.05, 4.69) is 9.97 Å². The van der Waals surface area contributed by atoms with Crippen LogP contribution in [0.15, 0.2) is 0 Å². The van der Waals surface area contributed by atoms with E-state index in [1.807, 2.05) is 0 Å². The van der Waals surface area contributed by atoms with Crippen LogP contribution in [0.4, 0.5) is 5.82 Å². The summed E-state index contributed by atoms with van der Waals surface area (Å²) in [5.41, 5.74) is 5.39. The molecule has 88 valence electrons. The smallest absolute Gasteiger partial charge is 0.362 e. The first kappa shape index (κ1) is 12.5. The molecular formula is C9H12ClN3O3. The van der Waals surface area contributed by atoms with Crippen LogP contribution in [0.2, 0.25) is 5.15 Å². The molecular weight excluding hydrogens is 234 g/mol. The van der Waals surface area contributed by atoms with Crippen molar-refractivity contribution in [3.05, 3.63) is 10.8 Å². The lowest BCUT2D eigenvalue weighted by Crippen LogP contribution is -2.13. The van der Waals surface area contributed by atoms with Crippen LogP contribution in [-0.2, 0) is 4.74 Å². The number of nitrogens with zero attached hydrogens (tertiary/aromatic N) is 2. The molecule has 0 unspecified atom stereocenters. The van der Waals surface area contributed by atoms with Crippen molar-refractivity contribution in [3.63, 3.8) is 0 Å². The van der Waals surface area contributed by atoms with E-state index in [1.54, 1.807) is 13.8 Å². The molecule has 0 aliphatic rings. The normalized spacial score (nSPS) is 9.94. The van der Waals surface area contributed by atoms with Crippen molar-refractivity contribution in [1.82, 2.24) is 9.97 Å². The lowest BCUT2D eigenvalue weighted by Gasteiger charge is -2.08. The second kappa shape index (κ2) is 5.50. The number of nitrogen functional groups attached to an aromatic ring is 1. The van der Waals surface area contributed by atoms with Crippen LogP contribution in [0, 0.1) is 0 Å². The van der Waals surface area contributed by atoms with Crippen LogP contribution in [0.5, 0.6) is 5.88 Å². The minimum absolute atomic E-state index is 0.0122. The Morgan fingerprint density at radius 3 is 2.62 bits per heavy atom. The van der Waals surface area contributed by atoms with E-state index in [9.17, 15) is 4.79 Å². The predicted octanol–water partition coefficient (Wildman–Crippen LogP) is 1.29. The molecule has 2 N–H and O–H groups in total. The molecule has 0 amide bonds. The maximum atomic E-state index is 11.5. The van der Waals surface area contributed by atoms with Gasteiger partial charge in [0.25, 0.3) is 0 Å². The molecule has 0 aliphatic carbocycles. The molecule has 0 spiro atoms. The van der Waals surface area contributed by atoms with E-state index in [0.29, 0.717) is 6.61 Å². The number of hydrogen-bond donors (Lipinski definition) is 1. The van der Waals surface area contributed by atoms with Gasteiger partial charge in [0, 0.05) is 0 Å². The zero-order valence-corrected chi connectivity index (χ0v) is 9.74. The van der Waals surface area contributed by atoms with Gasteiger partial charge >= 0.3 is 5.97 Å². The number of hydrogen-bond acceptors (Lipinski definition) is 6. The lowest BCUT2D eigenvalue weighted by atomic mass is 10.4. The van der Waals surface area contributed by atoms with Gasteiger partial charge in [-0.2, -0.15) is 4.98 Å². The molecule has 0 aliphatic heterocycles. The Morgan fingerprint density at radius 1 is 1.38 bits per heavy atom. The van der Waals surface area contributed by atoms with Crippen LogP contribution in [0.1, 0.15) is 24.3 Å². The third-order valence-electron chi connectivity index (χ3n) is 1.60. The maximum absolute atomic E-state index is 11.5. The molecule has 1 aromatic rings. The van der Waals surface area contributed by atoms with Crippen LogP contribution in [-0.4, -0.2) is 29.2 Å². The number of nitrogens with two attached hydrogens (primary N) is 1. The van der Waals surface area contributed by atoms with Gasteiger partial charge in [0.2, 0.25) is 11.6 Å². The van der Waals surface area contributed by atoms with E-state index < -0.39 is 5.97 Å². The molecule has 0 saturated heterocycles. The second-order valence-electron chi connectivity index (χ2n) is 2.71. The summed E-state index contributed by atoms with van der Waals surface area (Å²) in [6, 6.07) is 0. The van der Waals surface area contributed by atoms with Gasteiger partial charge in [0.05, 0.1) is 13.2 Å². The number of carbonyl (C=O) groups is 1. The van der Waals surface area contributed by atoms with Crippen LogP contribution < -0.4 is 10.5 Å². The maximum Gasteiger partial charge on any atom is 0.362 e. The predicted molar refractivity (Wildman–Crippen MR) is 58.6 cm³/mol. The lowest BCUT2D eigenvalue weighted by molar-refractivity contribution is 0.0513. The number of aromatic nitrogens is 2. The highest BCUT2D eigenvalue weighted by Gasteiger charge is 2.19. The number of anilines is 1. The summed E-state index contributed by atoms with van der Waals surface area (Å²) in [6.45, 7) is 4.00. The van der Waals surface area contributed by atoms with E-state index >= 15 is 0 Å². The molecule has 0 atom stereocenters. The van der Waals surface area contributed by atoms with Crippen molar-refractivity contribution >= 4 is 23.4 Å². The van der Waals surface area contributed by atoms with Gasteiger partial charge in [0.1, 0.15) is 0 Å². The molecule has 0 bridgehead atoms. The fourth-order valence-electron chi connectivity index (χ4n) is 0.981. The largest absolute Gasteiger partial charge is 0.476 e. The third kappa shape index (κ3) is 2.73. The fourth-order valence-corrected chi connectivity index (χ4v) is 1.11. The monoisotopic (exact) mass is 245 g/mol. The van der Waals surface area contributed by atoms with E-state index in [4.69, 9.17) is 26.8 Å². The fraction of sp³-hybridized carbons (Fsp3) is 0.444. The SMILES string of the molecule is CCOC(=O)c1nc(Cl)c(N)nc1OCC. The second-order valence-corrected chi connectivity index (χ2v) is 3.06. The Bertz CT molecular complexity index is 398. The Kier molecular flexibility index (Phi) is 4.30. The van der Waals surface area contributed by atoms with Gasteiger partial charge in [0.15, 0.2) is 11.0 Å². The van der Waals surface area contributed by atoms with E-state index in [0.717, 1.165) is 0 Å². The van der Waals surface area contributed by atoms with Gasteiger partial charge < -0.3 is 15.2 Å². The highest BCUT2D eigenvalue weighted by molar-refractivity contribution is 6.31. The minimum atomic E-state index is -0.639. The number of rotatable bonds is 4. The Balaban J connectivity index is 3.13. The summed E-state index contributed by atoms with van der Waals surface area (Å²) < 4.78 is 9.92. The highest BCUT2D eigenvalue weighted by Crippen LogP contribution is 2.22. The summed E-state index contributed by atoms with van der Waals surface area (Å²) in [5, 5.41) is -0.0495. The van der Waals surface area contributed by atoms with Crippen LogP contribution >= 0.6 is 11.6 Å². The molecule has 1 rings (SSSR count). The first-order valence-corrected chi connectivity index (χ1v) is 5.10. The Hall–Kier alpha value is -1.56. The van der Waals surface area contributed by atoms with Gasteiger partial charge in [-0.05, 0) is 13.8 Å². The number of carbonyl (C=O) groups excluding carboxylic acids is 1. The van der Waals surface area contributed by atoms with Crippen molar-refractivity contribution in [2.24, 2.45) is 0 Å². The quantitative estimate of drug-likeness (QED) is 0.805. The van der Waals surface area contributed by atoms with Crippen LogP contribution in [0.25, 0.3) is 0 Å². The van der Waals surface area contributed by atoms with Gasteiger partial charge in [-0.1, -0.05) is 11.6 Å². The zero-order valence-electron chi connectivity index (χ0n) is 8.99. The highest BCUT2D eigenvalue weighted by atomic mass is 35.5. The van der Waals surface area contributed by atoms with Crippen molar-refractivity contribution in [3.8, 4) is 5.88 Å². The van der Waals surface area contributed by atoms with Gasteiger partial charge in [-0.15, -0.1) is 0 Å². The van der Waals surface area contributed by atoms with Crippen molar-refractivity contribution < 1.29 is 14.3 Å². The van der Waals surface area contributed by atoms with Crippen molar-refractivity contribution in [2.75, 3.05) is 18.9 Å². The van der Waals surface area contributed by atoms with Crippen LogP contribution in [0.3, 0.4) is 0 Å². The molecule has 7 heteroatoms. The average molecular weight is 246 g/mol. The summed E-state index contributed by atoms with van der Waals surface area (Å²) in [5.74, 6) is -0.596.